The van der Waals surface area contributed by atoms with Gasteiger partial charge in [-0.1, -0.05) is 77.6 Å². The number of nitrogens with zero attached hydrogens (tertiary/aromatic N) is 3. The third-order valence-electron chi connectivity index (χ3n) is 3.53. The Kier molecular flexibility index (Phi) is 6.26. The SMILES string of the molecule is [N-]=[N+]=NCCCCC#CC(O)(c1ccccc1)c1ccccc1. The minimum atomic E-state index is -1.31. The molecule has 0 fully saturated rings. The lowest BCUT2D eigenvalue weighted by atomic mass is 9.87. The number of benzene rings is 2. The molecule has 2 aromatic rings. The second-order valence-corrected chi connectivity index (χ2v) is 5.16. The maximum Gasteiger partial charge on any atom is 0.176 e. The van der Waals surface area contributed by atoms with Crippen LogP contribution in [0.3, 0.4) is 0 Å². The molecule has 1 N–H and O–H groups in total. The second kappa shape index (κ2) is 8.65. The molecule has 116 valence electrons. The van der Waals surface area contributed by atoms with E-state index in [1.54, 1.807) is 0 Å². The van der Waals surface area contributed by atoms with Crippen LogP contribution in [-0.2, 0) is 5.60 Å². The van der Waals surface area contributed by atoms with E-state index in [1.807, 2.05) is 60.7 Å². The van der Waals surface area contributed by atoms with Crippen LogP contribution >= 0.6 is 0 Å². The van der Waals surface area contributed by atoms with Crippen molar-refractivity contribution in [3.8, 4) is 11.8 Å². The highest BCUT2D eigenvalue weighted by molar-refractivity contribution is 5.44. The summed E-state index contributed by atoms with van der Waals surface area (Å²) in [5, 5.41) is 14.7. The molecule has 0 heterocycles. The van der Waals surface area contributed by atoms with Gasteiger partial charge in [0.2, 0.25) is 0 Å². The molecule has 2 rings (SSSR count). The van der Waals surface area contributed by atoms with Crippen molar-refractivity contribution in [3.63, 3.8) is 0 Å². The molecule has 0 bridgehead atoms. The van der Waals surface area contributed by atoms with Crippen molar-refractivity contribution in [2.45, 2.75) is 24.9 Å². The fraction of sp³-hybridized carbons (Fsp3) is 0.263. The normalized spacial score (nSPS) is 10.3. The molecule has 23 heavy (non-hydrogen) atoms. The van der Waals surface area contributed by atoms with E-state index in [9.17, 15) is 5.11 Å². The zero-order chi connectivity index (χ0) is 16.4. The summed E-state index contributed by atoms with van der Waals surface area (Å²) < 4.78 is 0. The summed E-state index contributed by atoms with van der Waals surface area (Å²) in [6.45, 7) is 0.486. The van der Waals surface area contributed by atoms with E-state index in [-0.39, 0.29) is 0 Å². The number of azide groups is 1. The summed E-state index contributed by atoms with van der Waals surface area (Å²) in [6.07, 6.45) is 2.29. The van der Waals surface area contributed by atoms with Crippen molar-refractivity contribution in [2.75, 3.05) is 6.54 Å². The van der Waals surface area contributed by atoms with Gasteiger partial charge in [-0.15, -0.1) is 0 Å². The topological polar surface area (TPSA) is 69.0 Å². The quantitative estimate of drug-likeness (QED) is 0.277. The first-order valence-corrected chi connectivity index (χ1v) is 7.61. The van der Waals surface area contributed by atoms with Gasteiger partial charge in [0, 0.05) is 29.0 Å². The average Bonchev–Trinajstić information content (AvgIpc) is 2.62. The molecule has 0 aliphatic carbocycles. The van der Waals surface area contributed by atoms with Crippen molar-refractivity contribution in [2.24, 2.45) is 5.11 Å². The van der Waals surface area contributed by atoms with Gasteiger partial charge in [-0.3, -0.25) is 0 Å². The Hall–Kier alpha value is -2.73. The van der Waals surface area contributed by atoms with Gasteiger partial charge in [-0.25, -0.2) is 0 Å². The molecule has 0 saturated carbocycles. The van der Waals surface area contributed by atoms with Crippen LogP contribution in [0.25, 0.3) is 10.4 Å². The van der Waals surface area contributed by atoms with Crippen LogP contribution in [0.4, 0.5) is 0 Å². The summed E-state index contributed by atoms with van der Waals surface area (Å²) in [5.41, 5.74) is 8.43. The highest BCUT2D eigenvalue weighted by atomic mass is 16.3. The smallest absolute Gasteiger partial charge is 0.176 e. The third kappa shape index (κ3) is 4.62. The largest absolute Gasteiger partial charge is 0.369 e. The van der Waals surface area contributed by atoms with Crippen molar-refractivity contribution < 1.29 is 5.11 Å². The first-order valence-electron chi connectivity index (χ1n) is 7.61. The molecule has 0 aliphatic heterocycles. The molecular formula is C19H19N3O. The van der Waals surface area contributed by atoms with E-state index in [0.29, 0.717) is 13.0 Å². The highest BCUT2D eigenvalue weighted by Gasteiger charge is 2.28. The summed E-state index contributed by atoms with van der Waals surface area (Å²) >= 11 is 0. The molecule has 0 aromatic heterocycles. The van der Waals surface area contributed by atoms with Crippen LogP contribution in [-0.4, -0.2) is 11.7 Å². The monoisotopic (exact) mass is 305 g/mol. The van der Waals surface area contributed by atoms with E-state index in [2.05, 4.69) is 21.9 Å². The van der Waals surface area contributed by atoms with Gasteiger partial charge in [0.1, 0.15) is 0 Å². The molecule has 0 atom stereocenters. The fourth-order valence-corrected chi connectivity index (χ4v) is 2.30. The minimum Gasteiger partial charge on any atom is -0.369 e. The van der Waals surface area contributed by atoms with Crippen LogP contribution in [0.15, 0.2) is 65.8 Å². The summed E-state index contributed by atoms with van der Waals surface area (Å²) in [4.78, 5) is 2.72. The number of hydrogen-bond acceptors (Lipinski definition) is 2. The van der Waals surface area contributed by atoms with Gasteiger partial charge in [0.05, 0.1) is 0 Å². The Morgan fingerprint density at radius 2 is 1.52 bits per heavy atom. The number of aliphatic hydroxyl groups is 1. The lowest BCUT2D eigenvalue weighted by Crippen LogP contribution is -2.25. The molecule has 0 unspecified atom stereocenters. The van der Waals surface area contributed by atoms with E-state index in [1.165, 1.54) is 0 Å². The van der Waals surface area contributed by atoms with Crippen LogP contribution in [0.2, 0.25) is 0 Å². The molecule has 0 saturated heterocycles. The zero-order valence-electron chi connectivity index (χ0n) is 12.9. The summed E-state index contributed by atoms with van der Waals surface area (Å²) in [7, 11) is 0. The van der Waals surface area contributed by atoms with E-state index < -0.39 is 5.60 Å². The molecule has 0 aliphatic rings. The van der Waals surface area contributed by atoms with Gasteiger partial charge >= 0.3 is 0 Å². The average molecular weight is 305 g/mol. The second-order valence-electron chi connectivity index (χ2n) is 5.16. The van der Waals surface area contributed by atoms with E-state index in [4.69, 9.17) is 5.53 Å². The maximum atomic E-state index is 11.2. The first-order chi connectivity index (χ1) is 11.3. The van der Waals surface area contributed by atoms with Crippen molar-refractivity contribution in [1.82, 2.24) is 0 Å². The van der Waals surface area contributed by atoms with Crippen molar-refractivity contribution in [1.29, 1.82) is 0 Å². The van der Waals surface area contributed by atoms with Gasteiger partial charge in [-0.2, -0.15) is 0 Å². The third-order valence-corrected chi connectivity index (χ3v) is 3.53. The zero-order valence-corrected chi connectivity index (χ0v) is 12.9. The van der Waals surface area contributed by atoms with Gasteiger partial charge in [-0.05, 0) is 18.4 Å². The van der Waals surface area contributed by atoms with Gasteiger partial charge < -0.3 is 5.11 Å². The maximum absolute atomic E-state index is 11.2. The fourth-order valence-electron chi connectivity index (χ4n) is 2.30. The summed E-state index contributed by atoms with van der Waals surface area (Å²) in [5.74, 6) is 6.09. The number of hydrogen-bond donors (Lipinski definition) is 1. The van der Waals surface area contributed by atoms with Crippen molar-refractivity contribution in [3.05, 3.63) is 82.2 Å². The summed E-state index contributed by atoms with van der Waals surface area (Å²) in [6, 6.07) is 18.9. The number of rotatable bonds is 6. The van der Waals surface area contributed by atoms with Crippen LogP contribution in [0.1, 0.15) is 30.4 Å². The van der Waals surface area contributed by atoms with Gasteiger partial charge in [0.25, 0.3) is 0 Å². The Balaban J connectivity index is 2.18. The molecule has 2 aromatic carbocycles. The Morgan fingerprint density at radius 3 is 2.04 bits per heavy atom. The molecule has 4 heteroatoms. The number of unbranched alkanes of at least 4 members (excludes halogenated alkanes) is 2. The first kappa shape index (κ1) is 16.6. The lowest BCUT2D eigenvalue weighted by molar-refractivity contribution is 0.145. The van der Waals surface area contributed by atoms with Crippen LogP contribution < -0.4 is 0 Å². The Morgan fingerprint density at radius 1 is 0.957 bits per heavy atom. The predicted octanol–water partition coefficient (Wildman–Crippen LogP) is 4.41. The van der Waals surface area contributed by atoms with E-state index >= 15 is 0 Å². The lowest BCUT2D eigenvalue weighted by Gasteiger charge is -2.23. The molecule has 0 spiro atoms. The van der Waals surface area contributed by atoms with Crippen LogP contribution in [0.5, 0.6) is 0 Å². The standard InChI is InChI=1S/C19H19N3O/c20-22-21-16-10-2-1-9-15-19(23,17-11-5-3-6-12-17)18-13-7-4-8-14-18/h3-8,11-14,23H,1-2,10,16H2. The Bertz CT molecular complexity index is 671. The van der Waals surface area contributed by atoms with Crippen molar-refractivity contribution >= 4 is 0 Å². The van der Waals surface area contributed by atoms with Crippen LogP contribution in [0, 0.1) is 11.8 Å². The predicted molar refractivity (Wildman–Crippen MR) is 91.5 cm³/mol. The molecule has 0 radical (unpaired) electrons. The van der Waals surface area contributed by atoms with E-state index in [0.717, 1.165) is 24.0 Å². The highest BCUT2D eigenvalue weighted by Crippen LogP contribution is 2.28. The van der Waals surface area contributed by atoms with Gasteiger partial charge in [0.15, 0.2) is 5.60 Å². The minimum absolute atomic E-state index is 0.486. The molecule has 0 amide bonds. The molecule has 4 nitrogen and oxygen atoms in total. The Labute approximate surface area is 136 Å². The molecular weight excluding hydrogens is 286 g/mol.